The maximum absolute atomic E-state index is 12.9. The van der Waals surface area contributed by atoms with Crippen molar-refractivity contribution in [3.05, 3.63) is 88.4 Å². The second-order valence-corrected chi connectivity index (χ2v) is 10.3. The highest BCUT2D eigenvalue weighted by molar-refractivity contribution is 7.91. The van der Waals surface area contributed by atoms with Crippen LogP contribution >= 0.6 is 11.6 Å². The van der Waals surface area contributed by atoms with E-state index in [2.05, 4.69) is 5.32 Å². The van der Waals surface area contributed by atoms with Crippen LogP contribution in [-0.4, -0.2) is 44.3 Å². The third-order valence-electron chi connectivity index (χ3n) is 5.40. The fraction of sp³-hybridized carbons (Fsp3) is 0.269. The largest absolute Gasteiger partial charge is 0.507 e. The van der Waals surface area contributed by atoms with E-state index in [0.717, 1.165) is 30.0 Å². The molecule has 3 N–H and O–H groups in total. The molecule has 0 saturated carbocycles. The lowest BCUT2D eigenvalue weighted by Gasteiger charge is -2.12. The SMILES string of the molecule is CCOC(=O)c1ccc(S(=O)(=O)c2ccc(CCCNC[C@H](O)c3cccc(Cl)c3)cc2)cc1O. The quantitative estimate of drug-likeness (QED) is 0.256. The van der Waals surface area contributed by atoms with Gasteiger partial charge in [0.25, 0.3) is 0 Å². The summed E-state index contributed by atoms with van der Waals surface area (Å²) in [6.07, 6.45) is 0.886. The van der Waals surface area contributed by atoms with Gasteiger partial charge in [-0.3, -0.25) is 0 Å². The number of esters is 1. The van der Waals surface area contributed by atoms with E-state index in [1.165, 1.54) is 24.3 Å². The van der Waals surface area contributed by atoms with Crippen LogP contribution < -0.4 is 5.32 Å². The Hall–Kier alpha value is -2.91. The minimum absolute atomic E-state index is 0.0881. The molecule has 3 aromatic rings. The van der Waals surface area contributed by atoms with Crippen LogP contribution in [-0.2, 0) is 21.0 Å². The van der Waals surface area contributed by atoms with Gasteiger partial charge in [0.05, 0.1) is 22.5 Å². The number of nitrogens with one attached hydrogen (secondary N) is 1. The number of sulfone groups is 1. The van der Waals surface area contributed by atoms with Gasteiger partial charge in [-0.05, 0) is 79.9 Å². The first-order chi connectivity index (χ1) is 16.7. The summed E-state index contributed by atoms with van der Waals surface area (Å²) >= 11 is 5.95. The van der Waals surface area contributed by atoms with E-state index >= 15 is 0 Å². The monoisotopic (exact) mass is 517 g/mol. The molecule has 186 valence electrons. The average Bonchev–Trinajstić information content (AvgIpc) is 2.84. The highest BCUT2D eigenvalue weighted by atomic mass is 35.5. The van der Waals surface area contributed by atoms with E-state index in [1.807, 2.05) is 6.07 Å². The maximum Gasteiger partial charge on any atom is 0.341 e. The molecule has 9 heteroatoms. The predicted molar refractivity (Wildman–Crippen MR) is 134 cm³/mol. The van der Waals surface area contributed by atoms with E-state index in [0.29, 0.717) is 18.1 Å². The Morgan fingerprint density at radius 1 is 1.06 bits per heavy atom. The number of carbonyl (C=O) groups is 1. The Kier molecular flexibility index (Phi) is 9.28. The summed E-state index contributed by atoms with van der Waals surface area (Å²) in [6, 6.07) is 17.2. The first-order valence-electron chi connectivity index (χ1n) is 11.2. The molecule has 0 amide bonds. The smallest absolute Gasteiger partial charge is 0.341 e. The van der Waals surface area contributed by atoms with Gasteiger partial charge < -0.3 is 20.3 Å². The predicted octanol–water partition coefficient (Wildman–Crippen LogP) is 4.31. The Labute approximate surface area is 210 Å². The molecule has 0 fully saturated rings. The molecule has 0 spiro atoms. The lowest BCUT2D eigenvalue weighted by Crippen LogP contribution is -2.22. The molecule has 7 nitrogen and oxygen atoms in total. The summed E-state index contributed by atoms with van der Waals surface area (Å²) in [7, 11) is -3.86. The van der Waals surface area contributed by atoms with Gasteiger partial charge >= 0.3 is 5.97 Å². The van der Waals surface area contributed by atoms with Gasteiger partial charge in [0.2, 0.25) is 9.84 Å². The van der Waals surface area contributed by atoms with Gasteiger partial charge in [-0.1, -0.05) is 35.9 Å². The molecule has 0 aliphatic heterocycles. The Morgan fingerprint density at radius 2 is 1.77 bits per heavy atom. The van der Waals surface area contributed by atoms with Crippen molar-refractivity contribution in [3.8, 4) is 5.75 Å². The Morgan fingerprint density at radius 3 is 2.43 bits per heavy atom. The number of phenols is 1. The van der Waals surface area contributed by atoms with Crippen molar-refractivity contribution in [1.82, 2.24) is 5.32 Å². The molecule has 1 atom stereocenters. The third kappa shape index (κ3) is 7.05. The van der Waals surface area contributed by atoms with Crippen LogP contribution in [0.25, 0.3) is 0 Å². The Bertz CT molecular complexity index is 1260. The number of aromatic hydroxyl groups is 1. The van der Waals surface area contributed by atoms with E-state index in [1.54, 1.807) is 37.3 Å². The molecule has 3 aromatic carbocycles. The van der Waals surface area contributed by atoms with Crippen LogP contribution in [0, 0.1) is 0 Å². The highest BCUT2D eigenvalue weighted by Crippen LogP contribution is 2.27. The number of halogens is 1. The van der Waals surface area contributed by atoms with Crippen molar-refractivity contribution in [2.75, 3.05) is 19.7 Å². The first kappa shape index (κ1) is 26.7. The summed E-state index contributed by atoms with van der Waals surface area (Å²) in [5.74, 6) is -1.17. The third-order valence-corrected chi connectivity index (χ3v) is 7.40. The topological polar surface area (TPSA) is 113 Å². The van der Waals surface area contributed by atoms with E-state index in [4.69, 9.17) is 16.3 Å². The van der Waals surface area contributed by atoms with Crippen LogP contribution in [0.2, 0.25) is 5.02 Å². The Balaban J connectivity index is 1.53. The second-order valence-electron chi connectivity index (χ2n) is 7.93. The molecule has 0 aromatic heterocycles. The summed E-state index contributed by atoms with van der Waals surface area (Å²) in [5.41, 5.74) is 1.64. The molecule has 0 bridgehead atoms. The molecule has 0 aliphatic carbocycles. The fourth-order valence-corrected chi connectivity index (χ4v) is 5.00. The number of rotatable bonds is 11. The summed E-state index contributed by atoms with van der Waals surface area (Å²) < 4.78 is 30.7. The van der Waals surface area contributed by atoms with E-state index in [9.17, 15) is 23.4 Å². The number of hydrogen-bond acceptors (Lipinski definition) is 7. The number of ether oxygens (including phenoxy) is 1. The van der Waals surface area contributed by atoms with Crippen molar-refractivity contribution in [2.45, 2.75) is 35.7 Å². The molecule has 35 heavy (non-hydrogen) atoms. The summed E-state index contributed by atoms with van der Waals surface area (Å²) in [5, 5.41) is 24.1. The molecule has 0 aliphatic rings. The summed E-state index contributed by atoms with van der Waals surface area (Å²) in [4.78, 5) is 11.8. The minimum Gasteiger partial charge on any atom is -0.507 e. The van der Waals surface area contributed by atoms with Crippen LogP contribution in [0.3, 0.4) is 0 Å². The number of aliphatic hydroxyl groups excluding tert-OH is 1. The number of aliphatic hydroxyl groups is 1. The first-order valence-corrected chi connectivity index (χ1v) is 13.1. The van der Waals surface area contributed by atoms with Crippen molar-refractivity contribution < 1.29 is 28.2 Å². The summed E-state index contributed by atoms with van der Waals surface area (Å²) in [6.45, 7) is 2.87. The minimum atomic E-state index is -3.86. The van der Waals surface area contributed by atoms with Crippen LogP contribution in [0.1, 0.15) is 40.9 Å². The van der Waals surface area contributed by atoms with Gasteiger partial charge in [-0.25, -0.2) is 13.2 Å². The van der Waals surface area contributed by atoms with Crippen LogP contribution in [0.4, 0.5) is 0 Å². The number of hydrogen-bond donors (Lipinski definition) is 3. The lowest BCUT2D eigenvalue weighted by atomic mass is 10.1. The van der Waals surface area contributed by atoms with Crippen molar-refractivity contribution >= 4 is 27.4 Å². The standard InChI is InChI=1S/C26H28ClNO6S/c1-2-34-26(31)23-13-12-22(16-24(23)29)35(32,33)21-10-8-18(9-11-21)5-4-14-28-17-25(30)19-6-3-7-20(27)15-19/h3,6-13,15-16,25,28-30H,2,4-5,14,17H2,1H3/t25-/m0/s1. The molecular weight excluding hydrogens is 490 g/mol. The van der Waals surface area contributed by atoms with Crippen molar-refractivity contribution in [3.63, 3.8) is 0 Å². The van der Waals surface area contributed by atoms with Crippen molar-refractivity contribution in [1.29, 1.82) is 0 Å². The average molecular weight is 518 g/mol. The lowest BCUT2D eigenvalue weighted by molar-refractivity contribution is 0.0523. The number of phenolic OH excluding ortho intramolecular Hbond substituents is 1. The molecule has 0 heterocycles. The zero-order valence-corrected chi connectivity index (χ0v) is 20.8. The molecule has 3 rings (SSSR count). The van der Waals surface area contributed by atoms with Gasteiger partial charge in [0.15, 0.2) is 0 Å². The van der Waals surface area contributed by atoms with E-state index < -0.39 is 27.7 Å². The van der Waals surface area contributed by atoms with Crippen molar-refractivity contribution in [2.24, 2.45) is 0 Å². The normalized spacial score (nSPS) is 12.3. The molecule has 0 unspecified atom stereocenters. The zero-order chi connectivity index (χ0) is 25.4. The molecule has 0 saturated heterocycles. The fourth-order valence-electron chi connectivity index (χ4n) is 3.52. The van der Waals surface area contributed by atoms with Crippen LogP contribution in [0.15, 0.2) is 76.5 Å². The maximum atomic E-state index is 12.9. The zero-order valence-electron chi connectivity index (χ0n) is 19.3. The number of carbonyl (C=O) groups excluding carboxylic acids is 1. The molecule has 0 radical (unpaired) electrons. The van der Waals surface area contributed by atoms with E-state index in [-0.39, 0.29) is 22.0 Å². The second kappa shape index (κ2) is 12.2. The highest BCUT2D eigenvalue weighted by Gasteiger charge is 2.21. The van der Waals surface area contributed by atoms with Gasteiger partial charge in [-0.2, -0.15) is 0 Å². The van der Waals surface area contributed by atoms with Gasteiger partial charge in [-0.15, -0.1) is 0 Å². The van der Waals surface area contributed by atoms with Gasteiger partial charge in [0.1, 0.15) is 11.3 Å². The van der Waals surface area contributed by atoms with Crippen LogP contribution in [0.5, 0.6) is 5.75 Å². The van der Waals surface area contributed by atoms with Gasteiger partial charge in [0, 0.05) is 11.6 Å². The number of benzene rings is 3. The number of aryl methyl sites for hydroxylation is 1. The molecular formula is C26H28ClNO6S.